The van der Waals surface area contributed by atoms with Gasteiger partial charge in [0.05, 0.1) is 27.5 Å². The Kier molecular flexibility index (Phi) is 11.5. The van der Waals surface area contributed by atoms with Crippen LogP contribution in [0, 0.1) is 0 Å². The Bertz CT molecular complexity index is 5090. The summed E-state index contributed by atoms with van der Waals surface area (Å²) in [6.45, 7) is 0. The minimum atomic E-state index is -3.30. The lowest BCUT2D eigenvalue weighted by Crippen LogP contribution is -2.81. The molecule has 4 heterocycles. The van der Waals surface area contributed by atoms with E-state index in [1.807, 2.05) is 0 Å². The van der Waals surface area contributed by atoms with Gasteiger partial charge in [-0.25, -0.2) is 0 Å². The molecule has 13 aromatic carbocycles. The van der Waals surface area contributed by atoms with Crippen molar-refractivity contribution in [2.45, 2.75) is 5.41 Å². The molecule has 0 amide bonds. The van der Waals surface area contributed by atoms with E-state index in [0.717, 1.165) is 49.2 Å². The van der Waals surface area contributed by atoms with Gasteiger partial charge >= 0.3 is 0 Å². The van der Waals surface area contributed by atoms with E-state index in [1.165, 1.54) is 74.9 Å². The predicted octanol–water partition coefficient (Wildman–Crippen LogP) is 13.2. The van der Waals surface area contributed by atoms with Crippen molar-refractivity contribution in [2.24, 2.45) is 0 Å². The van der Waals surface area contributed by atoms with Crippen molar-refractivity contribution >= 4 is 101 Å². The van der Waals surface area contributed by atoms with E-state index < -0.39 is 21.6 Å². The van der Waals surface area contributed by atoms with Crippen molar-refractivity contribution in [1.29, 1.82) is 0 Å². The van der Waals surface area contributed by atoms with Gasteiger partial charge in [-0.3, -0.25) is 9.13 Å². The number of fused-ring (bicyclic) bond motifs is 15. The van der Waals surface area contributed by atoms with Gasteiger partial charge in [-0.15, -0.1) is 0 Å². The molecule has 0 saturated carbocycles. The van der Waals surface area contributed by atoms with Gasteiger partial charge < -0.3 is 0 Å². The van der Waals surface area contributed by atoms with Crippen LogP contribution in [0.3, 0.4) is 0 Å². The molecule has 2 aliphatic rings. The van der Waals surface area contributed by atoms with Gasteiger partial charge in [-0.05, 0) is 99.1 Å². The molecule has 5 nitrogen and oxygen atoms in total. The molecular formula is C82H55N5Si2. The van der Waals surface area contributed by atoms with Crippen LogP contribution in [0.1, 0.15) is 22.3 Å². The van der Waals surface area contributed by atoms with Crippen molar-refractivity contribution in [3.63, 3.8) is 0 Å². The summed E-state index contributed by atoms with van der Waals surface area (Å²) < 4.78 is 4.42. The SMILES string of the molecule is c1ccc([Si](c2ccccc2)(c2ccc(-c3nc(-n4c5ccccc5c5ccccc54)nc(-n4c5ccccc5c5ccccc54)n3)cc2)c2ccc3c(c2)[Si](c2ccccc2)(c2ccccc2)c2ccccc2C32c3ccccc3-c3ccccc32)cc1. The lowest BCUT2D eigenvalue weighted by molar-refractivity contribution is 0.774. The van der Waals surface area contributed by atoms with Crippen LogP contribution in [0.5, 0.6) is 0 Å². The lowest BCUT2D eigenvalue weighted by Gasteiger charge is -2.49. The summed E-state index contributed by atoms with van der Waals surface area (Å²) in [4.78, 5) is 16.6. The molecular weight excluding hydrogens is 1110 g/mol. The second kappa shape index (κ2) is 20.0. The number of hydrogen-bond donors (Lipinski definition) is 0. The summed E-state index contributed by atoms with van der Waals surface area (Å²) in [6.07, 6.45) is 0. The lowest BCUT2D eigenvalue weighted by atomic mass is 9.67. The average Bonchev–Trinajstić information content (AvgIpc) is 1.66. The fourth-order valence-corrected chi connectivity index (χ4v) is 26.2. The first-order chi connectivity index (χ1) is 44.2. The zero-order valence-corrected chi connectivity index (χ0v) is 50.5. The molecule has 18 rings (SSSR count). The van der Waals surface area contributed by atoms with Gasteiger partial charge in [0.2, 0.25) is 11.9 Å². The molecule has 0 bridgehead atoms. The van der Waals surface area contributed by atoms with E-state index >= 15 is 0 Å². The third kappa shape index (κ3) is 7.19. The molecule has 7 heteroatoms. The van der Waals surface area contributed by atoms with Gasteiger partial charge in [0.1, 0.15) is 0 Å². The van der Waals surface area contributed by atoms with E-state index in [1.54, 1.807) is 0 Å². The summed E-state index contributed by atoms with van der Waals surface area (Å²) in [7, 11) is -6.51. The van der Waals surface area contributed by atoms with E-state index in [4.69, 9.17) is 15.0 Å². The minimum absolute atomic E-state index is 0.552. The number of aromatic nitrogens is 5. The Balaban J connectivity index is 0.917. The van der Waals surface area contributed by atoms with E-state index in [9.17, 15) is 0 Å². The van der Waals surface area contributed by atoms with Crippen LogP contribution >= 0.6 is 0 Å². The maximum Gasteiger partial charge on any atom is 0.240 e. The molecule has 416 valence electrons. The number of hydrogen-bond acceptors (Lipinski definition) is 3. The van der Waals surface area contributed by atoms with Gasteiger partial charge in [0, 0.05) is 27.1 Å². The topological polar surface area (TPSA) is 48.5 Å². The maximum atomic E-state index is 5.53. The van der Waals surface area contributed by atoms with E-state index in [2.05, 4.69) is 343 Å². The zero-order valence-electron chi connectivity index (χ0n) is 48.5. The van der Waals surface area contributed by atoms with Crippen LogP contribution in [0.4, 0.5) is 0 Å². The summed E-state index contributed by atoms with van der Waals surface area (Å²) in [5.41, 5.74) is 12.4. The largest absolute Gasteiger partial charge is 0.278 e. The van der Waals surface area contributed by atoms with Crippen LogP contribution in [-0.2, 0) is 5.41 Å². The second-order valence-electron chi connectivity index (χ2n) is 23.7. The predicted molar refractivity (Wildman–Crippen MR) is 372 cm³/mol. The normalized spacial score (nSPS) is 13.6. The monoisotopic (exact) mass is 1170 g/mol. The van der Waals surface area contributed by atoms with Crippen molar-refractivity contribution in [1.82, 2.24) is 24.1 Å². The van der Waals surface area contributed by atoms with Gasteiger partial charge in [0.15, 0.2) is 22.0 Å². The Morgan fingerprint density at radius 3 is 1.11 bits per heavy atom. The molecule has 0 radical (unpaired) electrons. The molecule has 0 fully saturated rings. The van der Waals surface area contributed by atoms with Crippen LogP contribution in [0.25, 0.3) is 78.0 Å². The second-order valence-corrected chi connectivity index (χ2v) is 31.2. The molecule has 3 aromatic heterocycles. The number of rotatable bonds is 9. The number of para-hydroxylation sites is 4. The summed E-state index contributed by atoms with van der Waals surface area (Å²) in [6, 6.07) is 125. The maximum absolute atomic E-state index is 5.53. The fraction of sp³-hybridized carbons (Fsp3) is 0.0122. The molecule has 1 aliphatic heterocycles. The molecule has 1 spiro atoms. The Labute approximate surface area is 517 Å². The van der Waals surface area contributed by atoms with Crippen LogP contribution in [0.15, 0.2) is 334 Å². The fourth-order valence-electron chi connectivity index (χ4n) is 16.0. The molecule has 0 saturated heterocycles. The highest BCUT2D eigenvalue weighted by Gasteiger charge is 2.58. The van der Waals surface area contributed by atoms with Crippen LogP contribution in [0.2, 0.25) is 0 Å². The first kappa shape index (κ1) is 51.2. The van der Waals surface area contributed by atoms with E-state index in [0.29, 0.717) is 17.7 Å². The zero-order chi connectivity index (χ0) is 58.7. The van der Waals surface area contributed by atoms with Crippen LogP contribution < -0.4 is 41.5 Å². The molecule has 0 unspecified atom stereocenters. The summed E-state index contributed by atoms with van der Waals surface area (Å²) >= 11 is 0. The number of benzene rings is 13. The first-order valence-electron chi connectivity index (χ1n) is 30.7. The quantitative estimate of drug-likeness (QED) is 0.107. The van der Waals surface area contributed by atoms with Crippen molar-refractivity contribution in [2.75, 3.05) is 0 Å². The summed E-state index contributed by atoms with van der Waals surface area (Å²) in [5, 5.41) is 15.3. The highest BCUT2D eigenvalue weighted by molar-refractivity contribution is 7.22. The molecule has 1 aliphatic carbocycles. The average molecular weight is 1170 g/mol. The smallest absolute Gasteiger partial charge is 0.240 e. The third-order valence-corrected chi connectivity index (χ3v) is 29.2. The Morgan fingerprint density at radius 2 is 0.640 bits per heavy atom. The summed E-state index contributed by atoms with van der Waals surface area (Å²) in [5.74, 6) is 1.69. The standard InChI is InChI=1S/C82H55N5Si2/c1-5-27-57(28-6-1)88(58-29-7-2-8-30-58,61-51-49-56(50-52-61)79-83-80(86-73-44-22-15-37-65(73)66-38-16-23-45-74(66)86)85-81(84-79)87-75-46-24-17-39-67(75)68-40-18-25-47-76(68)87)62-53-54-72-78(55-62)89(59-31-9-3-10-32-59,60-33-11-4-12-34-60)77-48-26-21-43-71(77)82(72)69-41-19-13-35-63(69)64-36-14-20-42-70(64)82/h1-55H. The highest BCUT2D eigenvalue weighted by atomic mass is 28.3. The first-order valence-corrected chi connectivity index (χ1v) is 34.7. The Morgan fingerprint density at radius 1 is 0.281 bits per heavy atom. The third-order valence-electron chi connectivity index (χ3n) is 19.5. The molecule has 16 aromatic rings. The molecule has 0 N–H and O–H groups in total. The number of nitrogens with zero attached hydrogens (tertiary/aromatic N) is 5. The Hall–Kier alpha value is -11.1. The van der Waals surface area contributed by atoms with Crippen molar-refractivity contribution in [3.8, 4) is 34.4 Å². The van der Waals surface area contributed by atoms with Crippen molar-refractivity contribution < 1.29 is 0 Å². The molecule has 0 atom stereocenters. The van der Waals surface area contributed by atoms with E-state index in [-0.39, 0.29) is 0 Å². The minimum Gasteiger partial charge on any atom is -0.278 e. The van der Waals surface area contributed by atoms with Crippen molar-refractivity contribution in [3.05, 3.63) is 356 Å². The van der Waals surface area contributed by atoms with Gasteiger partial charge in [-0.1, -0.05) is 309 Å². The van der Waals surface area contributed by atoms with Gasteiger partial charge in [-0.2, -0.15) is 15.0 Å². The molecule has 89 heavy (non-hydrogen) atoms. The van der Waals surface area contributed by atoms with Crippen LogP contribution in [-0.4, -0.2) is 40.2 Å². The van der Waals surface area contributed by atoms with Gasteiger partial charge in [0.25, 0.3) is 0 Å². The highest BCUT2D eigenvalue weighted by Crippen LogP contribution is 2.57.